The zero-order valence-electron chi connectivity index (χ0n) is 18.3. The van der Waals surface area contributed by atoms with Gasteiger partial charge in [-0.1, -0.05) is 37.3 Å². The molecule has 1 aliphatic heterocycles. The van der Waals surface area contributed by atoms with Crippen molar-refractivity contribution in [3.05, 3.63) is 72.8 Å². The molecule has 1 fully saturated rings. The molecule has 0 radical (unpaired) electrons. The average Bonchev–Trinajstić information content (AvgIpc) is 3.45. The number of aliphatic imine (C=N–C) groups is 1. The van der Waals surface area contributed by atoms with Crippen molar-refractivity contribution in [2.75, 3.05) is 19.6 Å². The van der Waals surface area contributed by atoms with Gasteiger partial charge in [0.05, 0.1) is 12.4 Å². The first-order chi connectivity index (χ1) is 14.7. The van der Waals surface area contributed by atoms with Crippen LogP contribution in [0.2, 0.25) is 0 Å². The Hall–Kier alpha value is -2.36. The molecule has 0 saturated carbocycles. The van der Waals surface area contributed by atoms with Gasteiger partial charge in [0.2, 0.25) is 0 Å². The van der Waals surface area contributed by atoms with E-state index in [1.165, 1.54) is 5.56 Å². The van der Waals surface area contributed by atoms with Gasteiger partial charge in [0, 0.05) is 51.0 Å². The van der Waals surface area contributed by atoms with Gasteiger partial charge in [-0.25, -0.2) is 15.0 Å². The molecule has 4 rings (SSSR count). The van der Waals surface area contributed by atoms with Crippen LogP contribution in [-0.2, 0) is 13.1 Å². The van der Waals surface area contributed by atoms with Crippen molar-refractivity contribution in [3.8, 4) is 0 Å². The lowest BCUT2D eigenvalue weighted by atomic mass is 9.93. The predicted molar refractivity (Wildman–Crippen MR) is 135 cm³/mol. The number of rotatable bonds is 6. The van der Waals surface area contributed by atoms with Crippen LogP contribution in [0.1, 0.15) is 37.7 Å². The highest BCUT2D eigenvalue weighted by Crippen LogP contribution is 2.27. The maximum absolute atomic E-state index is 4.95. The molecule has 2 aromatic heterocycles. The second-order valence-corrected chi connectivity index (χ2v) is 7.92. The second kappa shape index (κ2) is 11.3. The number of hydrogen-bond acceptors (Lipinski definition) is 3. The number of nitrogens with one attached hydrogen (secondary N) is 1. The average molecular weight is 533 g/mol. The summed E-state index contributed by atoms with van der Waals surface area (Å²) >= 11 is 0. The van der Waals surface area contributed by atoms with Crippen molar-refractivity contribution in [2.24, 2.45) is 10.9 Å². The highest BCUT2D eigenvalue weighted by molar-refractivity contribution is 14.0. The van der Waals surface area contributed by atoms with E-state index in [4.69, 9.17) is 4.99 Å². The predicted octanol–water partition coefficient (Wildman–Crippen LogP) is 3.79. The van der Waals surface area contributed by atoms with Crippen LogP contribution in [0.3, 0.4) is 0 Å². The third-order valence-electron chi connectivity index (χ3n) is 5.83. The molecule has 1 N–H and O–H groups in total. The molecule has 0 amide bonds. The molecule has 8 heteroatoms. The SMILES string of the molecule is CCNC(=NCc1nccn1Cc1ccccc1)N1CCC(C)C(n2ccnc2)C1.I. The van der Waals surface area contributed by atoms with Crippen LogP contribution in [0.25, 0.3) is 0 Å². The summed E-state index contributed by atoms with van der Waals surface area (Å²) in [5.74, 6) is 2.55. The van der Waals surface area contributed by atoms with Gasteiger partial charge in [-0.15, -0.1) is 24.0 Å². The first kappa shape index (κ1) is 23.3. The number of halogens is 1. The fraction of sp³-hybridized carbons (Fsp3) is 0.435. The number of nitrogens with zero attached hydrogens (tertiary/aromatic N) is 6. The molecular weight excluding hydrogens is 501 g/mol. The smallest absolute Gasteiger partial charge is 0.194 e. The van der Waals surface area contributed by atoms with Gasteiger partial charge >= 0.3 is 0 Å². The zero-order valence-corrected chi connectivity index (χ0v) is 20.6. The van der Waals surface area contributed by atoms with Crippen LogP contribution in [-0.4, -0.2) is 49.6 Å². The van der Waals surface area contributed by atoms with Crippen LogP contribution in [0.5, 0.6) is 0 Å². The molecule has 1 saturated heterocycles. The summed E-state index contributed by atoms with van der Waals surface area (Å²) in [4.78, 5) is 16.1. The summed E-state index contributed by atoms with van der Waals surface area (Å²) in [5, 5.41) is 3.48. The maximum atomic E-state index is 4.95. The minimum absolute atomic E-state index is 0. The van der Waals surface area contributed by atoms with Gasteiger partial charge in [-0.2, -0.15) is 0 Å². The van der Waals surface area contributed by atoms with E-state index in [9.17, 15) is 0 Å². The highest BCUT2D eigenvalue weighted by atomic mass is 127. The lowest BCUT2D eigenvalue weighted by molar-refractivity contribution is 0.189. The van der Waals surface area contributed by atoms with Crippen molar-refractivity contribution >= 4 is 29.9 Å². The molecule has 3 aromatic rings. The fourth-order valence-corrected chi connectivity index (χ4v) is 4.08. The Morgan fingerprint density at radius 1 is 1.19 bits per heavy atom. The molecule has 2 atom stereocenters. The lowest BCUT2D eigenvalue weighted by Gasteiger charge is -2.39. The van der Waals surface area contributed by atoms with E-state index in [-0.39, 0.29) is 24.0 Å². The maximum Gasteiger partial charge on any atom is 0.194 e. The van der Waals surface area contributed by atoms with E-state index in [1.807, 2.05) is 31.0 Å². The first-order valence-electron chi connectivity index (χ1n) is 10.8. The number of likely N-dealkylation sites (tertiary alicyclic amines) is 1. The topological polar surface area (TPSA) is 63.3 Å². The van der Waals surface area contributed by atoms with E-state index in [2.05, 4.69) is 73.6 Å². The summed E-state index contributed by atoms with van der Waals surface area (Å²) < 4.78 is 4.40. The van der Waals surface area contributed by atoms with E-state index < -0.39 is 0 Å². The van der Waals surface area contributed by atoms with E-state index in [1.54, 1.807) is 0 Å². The Bertz CT molecular complexity index is 936. The molecule has 0 bridgehead atoms. The van der Waals surface area contributed by atoms with Crippen LogP contribution >= 0.6 is 24.0 Å². The molecular formula is C23H32IN7. The molecule has 0 aliphatic carbocycles. The third-order valence-corrected chi connectivity index (χ3v) is 5.83. The van der Waals surface area contributed by atoms with Crippen LogP contribution < -0.4 is 5.32 Å². The fourth-order valence-electron chi connectivity index (χ4n) is 4.08. The number of aromatic nitrogens is 4. The van der Waals surface area contributed by atoms with Gasteiger partial charge < -0.3 is 19.4 Å². The van der Waals surface area contributed by atoms with E-state index in [0.717, 1.165) is 44.4 Å². The van der Waals surface area contributed by atoms with E-state index in [0.29, 0.717) is 18.5 Å². The third kappa shape index (κ3) is 5.87. The normalized spacial score (nSPS) is 19.2. The van der Waals surface area contributed by atoms with Gasteiger partial charge in [-0.05, 0) is 24.8 Å². The summed E-state index contributed by atoms with van der Waals surface area (Å²) in [6.07, 6.45) is 10.9. The molecule has 1 aromatic carbocycles. The quantitative estimate of drug-likeness (QED) is 0.298. The lowest BCUT2D eigenvalue weighted by Crippen LogP contribution is -2.49. The van der Waals surface area contributed by atoms with Gasteiger partial charge in [0.15, 0.2) is 5.96 Å². The summed E-state index contributed by atoms with van der Waals surface area (Å²) in [6.45, 7) is 8.60. The number of hydrogen-bond donors (Lipinski definition) is 1. The van der Waals surface area contributed by atoms with Crippen molar-refractivity contribution in [1.29, 1.82) is 0 Å². The molecule has 0 spiro atoms. The standard InChI is InChI=1S/C23H31N7.HI/c1-3-25-23(29-12-9-19(2)21(17-29)30-13-10-24-18-30)27-15-22-26-11-14-28(22)16-20-7-5-4-6-8-20;/h4-8,10-11,13-14,18-19,21H,3,9,12,15-17H2,1-2H3,(H,25,27);1H. The van der Waals surface area contributed by atoms with Crippen LogP contribution in [0.15, 0.2) is 66.4 Å². The Morgan fingerprint density at radius 2 is 2.03 bits per heavy atom. The molecule has 2 unspecified atom stereocenters. The van der Waals surface area contributed by atoms with Gasteiger partial charge in [0.25, 0.3) is 0 Å². The van der Waals surface area contributed by atoms with Crippen molar-refractivity contribution in [3.63, 3.8) is 0 Å². The van der Waals surface area contributed by atoms with Gasteiger partial charge in [0.1, 0.15) is 12.4 Å². The summed E-state index contributed by atoms with van der Waals surface area (Å²) in [5.41, 5.74) is 1.26. The Labute approximate surface area is 201 Å². The molecule has 3 heterocycles. The number of piperidine rings is 1. The number of guanidine groups is 1. The molecule has 31 heavy (non-hydrogen) atoms. The number of imidazole rings is 2. The zero-order chi connectivity index (χ0) is 20.8. The number of benzene rings is 1. The Kier molecular flexibility index (Phi) is 8.51. The second-order valence-electron chi connectivity index (χ2n) is 7.92. The minimum Gasteiger partial charge on any atom is -0.357 e. The van der Waals surface area contributed by atoms with Crippen LogP contribution in [0.4, 0.5) is 0 Å². The minimum atomic E-state index is 0. The van der Waals surface area contributed by atoms with Crippen molar-refractivity contribution in [1.82, 2.24) is 29.3 Å². The molecule has 1 aliphatic rings. The summed E-state index contributed by atoms with van der Waals surface area (Å²) in [7, 11) is 0. The van der Waals surface area contributed by atoms with E-state index >= 15 is 0 Å². The largest absolute Gasteiger partial charge is 0.357 e. The first-order valence-corrected chi connectivity index (χ1v) is 10.8. The highest BCUT2D eigenvalue weighted by Gasteiger charge is 2.28. The monoisotopic (exact) mass is 533 g/mol. The van der Waals surface area contributed by atoms with Crippen molar-refractivity contribution in [2.45, 2.75) is 39.4 Å². The van der Waals surface area contributed by atoms with Crippen LogP contribution in [0, 0.1) is 5.92 Å². The van der Waals surface area contributed by atoms with Gasteiger partial charge in [-0.3, -0.25) is 0 Å². The Morgan fingerprint density at radius 3 is 2.77 bits per heavy atom. The van der Waals surface area contributed by atoms with Crippen molar-refractivity contribution < 1.29 is 0 Å². The molecule has 7 nitrogen and oxygen atoms in total. The summed E-state index contributed by atoms with van der Waals surface area (Å²) in [6, 6.07) is 10.9. The molecule has 166 valence electrons. The Balaban J connectivity index is 0.00000272.